The molecule has 1 N–H and O–H groups in total. The van der Waals surface area contributed by atoms with Crippen LogP contribution in [0.4, 0.5) is 0 Å². The van der Waals surface area contributed by atoms with Crippen molar-refractivity contribution in [2.24, 2.45) is 0 Å². The second kappa shape index (κ2) is 7.30. The zero-order valence-electron chi connectivity index (χ0n) is 11.9. The molecule has 2 rings (SSSR count). The first-order valence-corrected chi connectivity index (χ1v) is 8.14. The lowest BCUT2D eigenvalue weighted by molar-refractivity contribution is 0.536. The number of aromatic nitrogens is 1. The Morgan fingerprint density at radius 3 is 2.75 bits per heavy atom. The fourth-order valence-corrected chi connectivity index (χ4v) is 3.09. The molecule has 0 aliphatic rings. The summed E-state index contributed by atoms with van der Waals surface area (Å²) in [5, 5.41) is 4.30. The molecule has 0 aliphatic heterocycles. The Hall–Kier alpha value is -0.770. The van der Waals surface area contributed by atoms with Gasteiger partial charge in [-0.15, -0.1) is 0 Å². The van der Waals surface area contributed by atoms with Crippen LogP contribution >= 0.6 is 27.5 Å². The summed E-state index contributed by atoms with van der Waals surface area (Å²) in [5.74, 6) is 0. The molecule has 0 amide bonds. The van der Waals surface area contributed by atoms with Crippen molar-refractivity contribution in [1.82, 2.24) is 9.88 Å². The molecular weight excluding hydrogens is 336 g/mol. The number of hydrogen-bond acceptors (Lipinski definition) is 1. The van der Waals surface area contributed by atoms with Crippen LogP contribution in [0.2, 0.25) is 5.02 Å². The van der Waals surface area contributed by atoms with Crippen molar-refractivity contribution in [2.45, 2.75) is 32.9 Å². The van der Waals surface area contributed by atoms with Crippen molar-refractivity contribution < 1.29 is 0 Å². The molecule has 0 bridgehead atoms. The van der Waals surface area contributed by atoms with E-state index in [2.05, 4.69) is 64.2 Å². The van der Waals surface area contributed by atoms with Gasteiger partial charge in [0.1, 0.15) is 0 Å². The molecule has 108 valence electrons. The highest BCUT2D eigenvalue weighted by atomic mass is 79.9. The van der Waals surface area contributed by atoms with E-state index >= 15 is 0 Å². The maximum atomic E-state index is 6.27. The van der Waals surface area contributed by atoms with Gasteiger partial charge in [-0.3, -0.25) is 0 Å². The summed E-state index contributed by atoms with van der Waals surface area (Å²) in [7, 11) is 0. The number of rotatable bonds is 6. The van der Waals surface area contributed by atoms with Crippen LogP contribution in [0.3, 0.4) is 0 Å². The van der Waals surface area contributed by atoms with E-state index in [0.717, 1.165) is 34.6 Å². The quantitative estimate of drug-likeness (QED) is 0.770. The largest absolute Gasteiger partial charge is 0.350 e. The molecule has 1 heterocycles. The Morgan fingerprint density at radius 1 is 1.30 bits per heavy atom. The third-order valence-electron chi connectivity index (χ3n) is 3.40. The Bertz CT molecular complexity index is 565. The predicted molar refractivity (Wildman–Crippen MR) is 89.4 cm³/mol. The van der Waals surface area contributed by atoms with Crippen LogP contribution in [-0.2, 0) is 6.54 Å². The van der Waals surface area contributed by atoms with E-state index in [1.165, 1.54) is 5.56 Å². The summed E-state index contributed by atoms with van der Waals surface area (Å²) in [6.45, 7) is 6.13. The van der Waals surface area contributed by atoms with E-state index in [9.17, 15) is 0 Å². The Kier molecular flexibility index (Phi) is 5.70. The number of hydrogen-bond donors (Lipinski definition) is 1. The summed E-state index contributed by atoms with van der Waals surface area (Å²) >= 11 is 9.70. The van der Waals surface area contributed by atoms with Gasteiger partial charge < -0.3 is 9.88 Å². The normalized spacial score (nSPS) is 12.6. The Balaban J connectivity index is 2.12. The van der Waals surface area contributed by atoms with Gasteiger partial charge in [-0.05, 0) is 42.3 Å². The zero-order valence-corrected chi connectivity index (χ0v) is 14.2. The summed E-state index contributed by atoms with van der Waals surface area (Å²) < 4.78 is 3.20. The molecular formula is C16H20BrClN2. The second-order valence-electron chi connectivity index (χ2n) is 4.87. The van der Waals surface area contributed by atoms with Gasteiger partial charge >= 0.3 is 0 Å². The second-order valence-corrected chi connectivity index (χ2v) is 6.19. The minimum atomic E-state index is 0.432. The smallest absolute Gasteiger partial charge is 0.0485 e. The molecule has 20 heavy (non-hydrogen) atoms. The van der Waals surface area contributed by atoms with Gasteiger partial charge in [-0.1, -0.05) is 47.4 Å². The monoisotopic (exact) mass is 354 g/mol. The van der Waals surface area contributed by atoms with Crippen LogP contribution in [0.1, 0.15) is 37.4 Å². The van der Waals surface area contributed by atoms with E-state index in [0.29, 0.717) is 6.04 Å². The average molecular weight is 356 g/mol. The van der Waals surface area contributed by atoms with Gasteiger partial charge in [0.2, 0.25) is 0 Å². The van der Waals surface area contributed by atoms with Crippen LogP contribution in [0, 0.1) is 0 Å². The van der Waals surface area contributed by atoms with Crippen molar-refractivity contribution >= 4 is 27.5 Å². The van der Waals surface area contributed by atoms with Crippen molar-refractivity contribution in [2.75, 3.05) is 6.54 Å². The van der Waals surface area contributed by atoms with Crippen LogP contribution < -0.4 is 5.32 Å². The molecule has 0 saturated heterocycles. The van der Waals surface area contributed by atoms with Crippen LogP contribution in [0.5, 0.6) is 0 Å². The van der Waals surface area contributed by atoms with Crippen molar-refractivity contribution in [3.8, 4) is 0 Å². The van der Waals surface area contributed by atoms with Gasteiger partial charge in [0.05, 0.1) is 0 Å². The molecule has 1 unspecified atom stereocenters. The summed E-state index contributed by atoms with van der Waals surface area (Å²) in [4.78, 5) is 0. The van der Waals surface area contributed by atoms with Gasteiger partial charge in [-0.2, -0.15) is 0 Å². The van der Waals surface area contributed by atoms with Crippen LogP contribution in [0.15, 0.2) is 41.1 Å². The summed E-state index contributed by atoms with van der Waals surface area (Å²) in [6.07, 6.45) is 5.42. The van der Waals surface area contributed by atoms with E-state index in [1.807, 2.05) is 12.1 Å². The SMILES string of the molecule is CCNC(CC)c1ccn(Cc2ccc(Br)cc2Cl)c1. The average Bonchev–Trinajstić information content (AvgIpc) is 2.87. The van der Waals surface area contributed by atoms with Crippen LogP contribution in [-0.4, -0.2) is 11.1 Å². The molecule has 0 radical (unpaired) electrons. The number of halogens is 2. The molecule has 1 atom stereocenters. The minimum Gasteiger partial charge on any atom is -0.350 e. The maximum Gasteiger partial charge on any atom is 0.0485 e. The first-order chi connectivity index (χ1) is 9.63. The van der Waals surface area contributed by atoms with E-state index in [-0.39, 0.29) is 0 Å². The van der Waals surface area contributed by atoms with Crippen molar-refractivity contribution in [1.29, 1.82) is 0 Å². The zero-order chi connectivity index (χ0) is 14.5. The highest BCUT2D eigenvalue weighted by Gasteiger charge is 2.09. The third kappa shape index (κ3) is 3.87. The molecule has 0 aliphatic carbocycles. The maximum absolute atomic E-state index is 6.27. The topological polar surface area (TPSA) is 17.0 Å². The summed E-state index contributed by atoms with van der Waals surface area (Å²) in [6, 6.07) is 8.65. The van der Waals surface area contributed by atoms with Gasteiger partial charge in [0.15, 0.2) is 0 Å². The Morgan fingerprint density at radius 2 is 2.10 bits per heavy atom. The molecule has 1 aromatic carbocycles. The Labute approximate surface area is 134 Å². The van der Waals surface area contributed by atoms with E-state index in [4.69, 9.17) is 11.6 Å². The molecule has 4 heteroatoms. The van der Waals surface area contributed by atoms with Gasteiger partial charge in [-0.25, -0.2) is 0 Å². The third-order valence-corrected chi connectivity index (χ3v) is 4.25. The molecule has 1 aromatic heterocycles. The molecule has 0 spiro atoms. The fourth-order valence-electron chi connectivity index (χ4n) is 2.35. The highest BCUT2D eigenvalue weighted by Crippen LogP contribution is 2.23. The first kappa shape index (κ1) is 15.6. The molecule has 2 nitrogen and oxygen atoms in total. The molecule has 2 aromatic rings. The van der Waals surface area contributed by atoms with Gasteiger partial charge in [0, 0.05) is 34.5 Å². The van der Waals surface area contributed by atoms with Crippen molar-refractivity contribution in [3.05, 3.63) is 57.3 Å². The summed E-state index contributed by atoms with van der Waals surface area (Å²) in [5.41, 5.74) is 2.47. The lowest BCUT2D eigenvalue weighted by Gasteiger charge is -2.14. The highest BCUT2D eigenvalue weighted by molar-refractivity contribution is 9.10. The van der Waals surface area contributed by atoms with Crippen molar-refractivity contribution in [3.63, 3.8) is 0 Å². The number of benzene rings is 1. The molecule has 0 saturated carbocycles. The fraction of sp³-hybridized carbons (Fsp3) is 0.375. The number of nitrogens with zero attached hydrogens (tertiary/aromatic N) is 1. The standard InChI is InChI=1S/C16H20BrClN2/c1-3-16(19-4-2)13-7-8-20(11-13)10-12-5-6-14(17)9-15(12)18/h5-9,11,16,19H,3-4,10H2,1-2H3. The predicted octanol–water partition coefficient (Wildman–Crippen LogP) is 5.01. The minimum absolute atomic E-state index is 0.432. The lowest BCUT2D eigenvalue weighted by atomic mass is 10.1. The lowest BCUT2D eigenvalue weighted by Crippen LogP contribution is -2.19. The van der Waals surface area contributed by atoms with Crippen LogP contribution in [0.25, 0.3) is 0 Å². The number of nitrogens with one attached hydrogen (secondary N) is 1. The van der Waals surface area contributed by atoms with E-state index < -0.39 is 0 Å². The molecule has 0 fully saturated rings. The first-order valence-electron chi connectivity index (χ1n) is 6.97. The van der Waals surface area contributed by atoms with E-state index in [1.54, 1.807) is 0 Å². The van der Waals surface area contributed by atoms with Gasteiger partial charge in [0.25, 0.3) is 0 Å².